The summed E-state index contributed by atoms with van der Waals surface area (Å²) in [5.74, 6) is 1.43. The number of aryl methyl sites for hydroxylation is 2. The van der Waals surface area contributed by atoms with Crippen LogP contribution in [0.1, 0.15) is 41.9 Å². The molecule has 92 valence electrons. The van der Waals surface area contributed by atoms with Crippen molar-refractivity contribution in [1.29, 1.82) is 0 Å². The van der Waals surface area contributed by atoms with Crippen molar-refractivity contribution in [3.8, 4) is 0 Å². The molecule has 0 aromatic carbocycles. The van der Waals surface area contributed by atoms with Crippen LogP contribution in [0.25, 0.3) is 15.9 Å². The molecule has 0 unspecified atom stereocenters. The van der Waals surface area contributed by atoms with Crippen LogP contribution in [0.5, 0.6) is 0 Å². The van der Waals surface area contributed by atoms with E-state index < -0.39 is 0 Å². The molecule has 0 radical (unpaired) electrons. The smallest absolute Gasteiger partial charge is 0.167 e. The lowest BCUT2D eigenvalue weighted by atomic mass is 9.87. The standard InChI is InChI=1S/C13H14N4S/c1-7-4-3-5-9-10(7)11-12-15-8(2)16-17(12)6-14-13(11)18-9/h6-7H,3-5H2,1-2H3/t7-/m0/s1. The van der Waals surface area contributed by atoms with Crippen molar-refractivity contribution in [2.75, 3.05) is 0 Å². The first-order valence-corrected chi connectivity index (χ1v) is 7.19. The molecule has 3 heterocycles. The highest BCUT2D eigenvalue weighted by atomic mass is 32.1. The largest absolute Gasteiger partial charge is 0.225 e. The van der Waals surface area contributed by atoms with Gasteiger partial charge in [0.15, 0.2) is 5.65 Å². The number of thiophene rings is 1. The van der Waals surface area contributed by atoms with E-state index in [2.05, 4.69) is 22.0 Å². The maximum absolute atomic E-state index is 4.57. The molecule has 0 spiro atoms. The summed E-state index contributed by atoms with van der Waals surface area (Å²) in [4.78, 5) is 11.7. The van der Waals surface area contributed by atoms with Crippen LogP contribution < -0.4 is 0 Å². The molecule has 5 heteroatoms. The third kappa shape index (κ3) is 1.28. The first-order valence-electron chi connectivity index (χ1n) is 6.37. The minimum absolute atomic E-state index is 0.618. The van der Waals surface area contributed by atoms with Gasteiger partial charge in [0.05, 0.1) is 5.39 Å². The Morgan fingerprint density at radius 3 is 3.22 bits per heavy atom. The lowest BCUT2D eigenvalue weighted by Gasteiger charge is -2.18. The minimum atomic E-state index is 0.618. The van der Waals surface area contributed by atoms with Crippen molar-refractivity contribution in [2.45, 2.75) is 39.0 Å². The first-order chi connectivity index (χ1) is 8.74. The summed E-state index contributed by atoms with van der Waals surface area (Å²) in [5, 5.41) is 5.61. The van der Waals surface area contributed by atoms with Gasteiger partial charge in [0.2, 0.25) is 0 Å². The number of hydrogen-bond acceptors (Lipinski definition) is 4. The van der Waals surface area contributed by atoms with Crippen LogP contribution in [-0.2, 0) is 6.42 Å². The zero-order valence-corrected chi connectivity index (χ0v) is 11.3. The van der Waals surface area contributed by atoms with E-state index in [1.165, 1.54) is 35.1 Å². The van der Waals surface area contributed by atoms with E-state index in [0.717, 1.165) is 16.3 Å². The fraction of sp³-hybridized carbons (Fsp3) is 0.462. The normalized spacial score (nSPS) is 19.6. The Bertz CT molecular complexity index is 755. The van der Waals surface area contributed by atoms with Gasteiger partial charge in [-0.15, -0.1) is 11.3 Å². The van der Waals surface area contributed by atoms with Gasteiger partial charge in [0.1, 0.15) is 17.0 Å². The Morgan fingerprint density at radius 2 is 2.33 bits per heavy atom. The lowest BCUT2D eigenvalue weighted by Crippen LogP contribution is -2.04. The maximum atomic E-state index is 4.57. The summed E-state index contributed by atoms with van der Waals surface area (Å²) in [5.41, 5.74) is 2.45. The van der Waals surface area contributed by atoms with E-state index in [9.17, 15) is 0 Å². The van der Waals surface area contributed by atoms with Crippen LogP contribution in [0.2, 0.25) is 0 Å². The van der Waals surface area contributed by atoms with Gasteiger partial charge in [-0.05, 0) is 37.7 Å². The first kappa shape index (κ1) is 10.4. The number of nitrogens with zero attached hydrogens (tertiary/aromatic N) is 4. The summed E-state index contributed by atoms with van der Waals surface area (Å²) in [7, 11) is 0. The van der Waals surface area contributed by atoms with E-state index in [4.69, 9.17) is 0 Å². The van der Waals surface area contributed by atoms with E-state index in [0.29, 0.717) is 5.92 Å². The number of hydrogen-bond donors (Lipinski definition) is 0. The van der Waals surface area contributed by atoms with E-state index in [1.807, 2.05) is 22.8 Å². The summed E-state index contributed by atoms with van der Waals surface area (Å²) >= 11 is 1.84. The topological polar surface area (TPSA) is 43.1 Å². The predicted octanol–water partition coefficient (Wildman–Crippen LogP) is 3.09. The van der Waals surface area contributed by atoms with Crippen LogP contribution in [0.3, 0.4) is 0 Å². The molecule has 3 aromatic rings. The van der Waals surface area contributed by atoms with Gasteiger partial charge in [-0.25, -0.2) is 14.5 Å². The summed E-state index contributed by atoms with van der Waals surface area (Å²) in [6.45, 7) is 4.25. The van der Waals surface area contributed by atoms with Crippen molar-refractivity contribution in [3.63, 3.8) is 0 Å². The highest BCUT2D eigenvalue weighted by molar-refractivity contribution is 7.19. The number of fused-ring (bicyclic) bond motifs is 5. The molecule has 0 bridgehead atoms. The molecular formula is C13H14N4S. The predicted molar refractivity (Wildman–Crippen MR) is 72.3 cm³/mol. The SMILES string of the molecule is Cc1nc2c3c4c(sc3ncn2n1)CCC[C@@H]4C. The zero-order chi connectivity index (χ0) is 12.3. The fourth-order valence-corrected chi connectivity index (χ4v) is 4.29. The second kappa shape index (κ2) is 3.51. The monoisotopic (exact) mass is 258 g/mol. The second-order valence-electron chi connectivity index (χ2n) is 5.08. The van der Waals surface area contributed by atoms with Gasteiger partial charge in [-0.2, -0.15) is 5.10 Å². The molecule has 1 aliphatic carbocycles. The van der Waals surface area contributed by atoms with Gasteiger partial charge in [-0.3, -0.25) is 0 Å². The van der Waals surface area contributed by atoms with Crippen LogP contribution in [0, 0.1) is 6.92 Å². The summed E-state index contributed by atoms with van der Waals surface area (Å²) in [6, 6.07) is 0. The van der Waals surface area contributed by atoms with Crippen LogP contribution in [-0.4, -0.2) is 19.6 Å². The van der Waals surface area contributed by atoms with Gasteiger partial charge >= 0.3 is 0 Å². The van der Waals surface area contributed by atoms with Crippen molar-refractivity contribution in [1.82, 2.24) is 19.6 Å². The molecule has 1 aliphatic rings. The quantitative estimate of drug-likeness (QED) is 0.622. The number of aromatic nitrogens is 4. The van der Waals surface area contributed by atoms with Gasteiger partial charge in [0.25, 0.3) is 0 Å². The summed E-state index contributed by atoms with van der Waals surface area (Å²) < 4.78 is 1.81. The van der Waals surface area contributed by atoms with E-state index in [-0.39, 0.29) is 0 Å². The van der Waals surface area contributed by atoms with E-state index in [1.54, 1.807) is 6.33 Å². The molecule has 0 saturated carbocycles. The maximum Gasteiger partial charge on any atom is 0.167 e. The zero-order valence-electron chi connectivity index (χ0n) is 10.5. The van der Waals surface area contributed by atoms with Crippen LogP contribution in [0.4, 0.5) is 0 Å². The Balaban J connectivity index is 2.19. The molecule has 0 amide bonds. The van der Waals surface area contributed by atoms with Crippen molar-refractivity contribution in [3.05, 3.63) is 22.6 Å². The lowest BCUT2D eigenvalue weighted by molar-refractivity contribution is 0.602. The van der Waals surface area contributed by atoms with Crippen molar-refractivity contribution >= 4 is 27.2 Å². The number of rotatable bonds is 0. The Labute approximate surface area is 109 Å². The fourth-order valence-electron chi connectivity index (χ4n) is 2.99. The third-order valence-electron chi connectivity index (χ3n) is 3.78. The van der Waals surface area contributed by atoms with Gasteiger partial charge < -0.3 is 0 Å². The van der Waals surface area contributed by atoms with Gasteiger partial charge in [0, 0.05) is 4.88 Å². The molecule has 1 atom stereocenters. The molecule has 0 N–H and O–H groups in total. The van der Waals surface area contributed by atoms with Crippen LogP contribution in [0.15, 0.2) is 6.33 Å². The van der Waals surface area contributed by atoms with Crippen molar-refractivity contribution < 1.29 is 0 Å². The second-order valence-corrected chi connectivity index (χ2v) is 6.17. The highest BCUT2D eigenvalue weighted by Crippen LogP contribution is 2.42. The van der Waals surface area contributed by atoms with Crippen molar-refractivity contribution in [2.24, 2.45) is 0 Å². The Kier molecular flexibility index (Phi) is 2.03. The van der Waals surface area contributed by atoms with Crippen LogP contribution >= 0.6 is 11.3 Å². The highest BCUT2D eigenvalue weighted by Gasteiger charge is 2.24. The molecule has 4 rings (SSSR count). The Hall–Kier alpha value is -1.49. The molecule has 0 saturated heterocycles. The average molecular weight is 258 g/mol. The van der Waals surface area contributed by atoms with Gasteiger partial charge in [-0.1, -0.05) is 6.92 Å². The molecular weight excluding hydrogens is 244 g/mol. The summed E-state index contributed by atoms with van der Waals surface area (Å²) in [6.07, 6.45) is 5.54. The van der Waals surface area contributed by atoms with E-state index >= 15 is 0 Å². The molecule has 0 aliphatic heterocycles. The third-order valence-corrected chi connectivity index (χ3v) is 4.96. The Morgan fingerprint density at radius 1 is 1.44 bits per heavy atom. The minimum Gasteiger partial charge on any atom is -0.225 e. The molecule has 0 fully saturated rings. The molecule has 4 nitrogen and oxygen atoms in total. The molecule has 3 aromatic heterocycles. The average Bonchev–Trinajstić information content (AvgIpc) is 2.88. The molecule has 18 heavy (non-hydrogen) atoms.